The lowest BCUT2D eigenvalue weighted by atomic mass is 9.88. The predicted octanol–water partition coefficient (Wildman–Crippen LogP) is 2.88. The first-order chi connectivity index (χ1) is 16.9. The zero-order valence-corrected chi connectivity index (χ0v) is 19.9. The smallest absolute Gasteiger partial charge is 0.258 e. The lowest BCUT2D eigenvalue weighted by Gasteiger charge is -2.42. The van der Waals surface area contributed by atoms with Gasteiger partial charge in [-0.3, -0.25) is 19.7 Å². The fraction of sp³-hybridized carbons (Fsp3) is 0.654. The summed E-state index contributed by atoms with van der Waals surface area (Å²) in [5.74, 6) is -1.55. The lowest BCUT2D eigenvalue weighted by Crippen LogP contribution is -2.52. The molecule has 4 fully saturated rings. The summed E-state index contributed by atoms with van der Waals surface area (Å²) in [6.07, 6.45) is 7.48. The molecular weight excluding hydrogens is 453 g/mol. The molecule has 1 spiro atoms. The molecule has 1 atom stereocenters. The fourth-order valence-corrected chi connectivity index (χ4v) is 6.25. The number of hydrogen-bond acceptors (Lipinski definition) is 6. The van der Waals surface area contributed by atoms with Gasteiger partial charge in [-0.2, -0.15) is 0 Å². The third-order valence-corrected chi connectivity index (χ3v) is 8.38. The molecule has 188 valence electrons. The Bertz CT molecular complexity index is 1040. The van der Waals surface area contributed by atoms with E-state index in [-0.39, 0.29) is 36.9 Å². The molecule has 2 aliphatic carbocycles. The molecule has 35 heavy (non-hydrogen) atoms. The van der Waals surface area contributed by atoms with Gasteiger partial charge >= 0.3 is 0 Å². The van der Waals surface area contributed by atoms with Crippen LogP contribution >= 0.6 is 0 Å². The molecular formula is C26H32FN3O5. The Labute approximate surface area is 204 Å². The zero-order chi connectivity index (χ0) is 24.2. The van der Waals surface area contributed by atoms with Crippen molar-refractivity contribution in [3.63, 3.8) is 0 Å². The summed E-state index contributed by atoms with van der Waals surface area (Å²) in [7, 11) is 0. The molecule has 2 saturated heterocycles. The Morgan fingerprint density at radius 2 is 1.80 bits per heavy atom. The van der Waals surface area contributed by atoms with Gasteiger partial charge in [-0.25, -0.2) is 4.39 Å². The van der Waals surface area contributed by atoms with E-state index in [0.717, 1.165) is 50.3 Å². The van der Waals surface area contributed by atoms with Crippen LogP contribution in [-0.2, 0) is 25.6 Å². The number of carbonyl (C=O) groups is 3. The van der Waals surface area contributed by atoms with Gasteiger partial charge in [0.1, 0.15) is 11.9 Å². The number of piperidine rings is 1. The quantitative estimate of drug-likeness (QED) is 0.624. The van der Waals surface area contributed by atoms with Gasteiger partial charge in [-0.15, -0.1) is 0 Å². The fourth-order valence-electron chi connectivity index (χ4n) is 6.25. The van der Waals surface area contributed by atoms with E-state index in [0.29, 0.717) is 18.8 Å². The third kappa shape index (κ3) is 4.22. The van der Waals surface area contributed by atoms with Gasteiger partial charge in [0.25, 0.3) is 5.91 Å². The van der Waals surface area contributed by atoms with Crippen molar-refractivity contribution < 1.29 is 28.2 Å². The molecule has 6 rings (SSSR count). The van der Waals surface area contributed by atoms with Crippen molar-refractivity contribution in [2.24, 2.45) is 5.92 Å². The number of fused-ring (bicyclic) bond motifs is 1. The predicted molar refractivity (Wildman–Crippen MR) is 124 cm³/mol. The minimum atomic E-state index is -0.758. The molecule has 0 radical (unpaired) electrons. The van der Waals surface area contributed by atoms with E-state index in [2.05, 4.69) is 10.2 Å². The van der Waals surface area contributed by atoms with E-state index < -0.39 is 29.5 Å². The van der Waals surface area contributed by atoms with E-state index in [1.807, 2.05) is 0 Å². The van der Waals surface area contributed by atoms with Gasteiger partial charge in [0.2, 0.25) is 11.8 Å². The van der Waals surface area contributed by atoms with Crippen molar-refractivity contribution in [1.82, 2.24) is 10.2 Å². The van der Waals surface area contributed by atoms with Gasteiger partial charge in [0, 0.05) is 49.6 Å². The highest BCUT2D eigenvalue weighted by molar-refractivity contribution is 6.06. The third-order valence-electron chi connectivity index (χ3n) is 8.38. The van der Waals surface area contributed by atoms with Crippen molar-refractivity contribution in [2.45, 2.75) is 82.2 Å². The first-order valence-electron chi connectivity index (χ1n) is 12.9. The summed E-state index contributed by atoms with van der Waals surface area (Å²) in [6.45, 7) is 2.31. The van der Waals surface area contributed by atoms with E-state index >= 15 is 0 Å². The van der Waals surface area contributed by atoms with Crippen molar-refractivity contribution in [2.75, 3.05) is 24.7 Å². The molecule has 5 aliphatic rings. The second kappa shape index (κ2) is 8.85. The summed E-state index contributed by atoms with van der Waals surface area (Å²) < 4.78 is 26.8. The number of anilines is 1. The number of amides is 3. The van der Waals surface area contributed by atoms with E-state index in [9.17, 15) is 18.8 Å². The molecule has 0 bridgehead atoms. The lowest BCUT2D eigenvalue weighted by molar-refractivity contribution is -0.178. The summed E-state index contributed by atoms with van der Waals surface area (Å²) in [4.78, 5) is 41.2. The second-order valence-electron chi connectivity index (χ2n) is 10.6. The highest BCUT2D eigenvalue weighted by atomic mass is 19.1. The van der Waals surface area contributed by atoms with Crippen LogP contribution in [0.4, 0.5) is 10.1 Å². The molecule has 1 aromatic rings. The van der Waals surface area contributed by atoms with Crippen LogP contribution in [0.2, 0.25) is 0 Å². The number of carbonyl (C=O) groups excluding carboxylic acids is 3. The molecule has 3 amide bonds. The molecule has 1 aromatic carbocycles. The number of nitrogens with one attached hydrogen (secondary N) is 1. The number of hydrogen-bond donors (Lipinski definition) is 1. The van der Waals surface area contributed by atoms with Crippen molar-refractivity contribution in [3.05, 3.63) is 29.1 Å². The van der Waals surface area contributed by atoms with Crippen molar-refractivity contribution in [3.8, 4) is 0 Å². The zero-order valence-electron chi connectivity index (χ0n) is 19.9. The van der Waals surface area contributed by atoms with Gasteiger partial charge in [0.05, 0.1) is 18.8 Å². The highest BCUT2D eigenvalue weighted by Crippen LogP contribution is 2.42. The van der Waals surface area contributed by atoms with E-state index in [1.165, 1.54) is 23.8 Å². The van der Waals surface area contributed by atoms with Gasteiger partial charge in [0.15, 0.2) is 5.79 Å². The number of ether oxygens (including phenoxy) is 2. The molecule has 1 unspecified atom stereocenters. The number of benzene rings is 1. The monoisotopic (exact) mass is 485 g/mol. The Morgan fingerprint density at radius 3 is 2.49 bits per heavy atom. The van der Waals surface area contributed by atoms with Gasteiger partial charge in [-0.1, -0.05) is 12.8 Å². The maximum Gasteiger partial charge on any atom is 0.258 e. The highest BCUT2D eigenvalue weighted by Gasteiger charge is 2.45. The molecule has 3 heterocycles. The Kier molecular flexibility index (Phi) is 5.79. The summed E-state index contributed by atoms with van der Waals surface area (Å²) in [5, 5.41) is 2.32. The van der Waals surface area contributed by atoms with Crippen LogP contribution in [0.5, 0.6) is 0 Å². The largest absolute Gasteiger partial charge is 0.368 e. The van der Waals surface area contributed by atoms with Crippen molar-refractivity contribution in [1.29, 1.82) is 0 Å². The second-order valence-corrected chi connectivity index (χ2v) is 10.6. The summed E-state index contributed by atoms with van der Waals surface area (Å²) in [5.41, 5.74) is 1.61. The van der Waals surface area contributed by atoms with Gasteiger partial charge in [-0.05, 0) is 43.7 Å². The van der Waals surface area contributed by atoms with Crippen LogP contribution in [-0.4, -0.2) is 60.3 Å². The topological polar surface area (TPSA) is 88.2 Å². The molecule has 1 N–H and O–H groups in total. The molecule has 3 aliphatic heterocycles. The molecule has 2 saturated carbocycles. The normalized spacial score (nSPS) is 26.4. The SMILES string of the molecule is O=C1CCC(N2Cc3c(N(CCC4CC4)C4CCC5(CC4)OCCO5)ccc(F)c3C2=O)C(=O)N1. The van der Waals surface area contributed by atoms with Crippen LogP contribution in [0.25, 0.3) is 0 Å². The first kappa shape index (κ1) is 22.9. The maximum absolute atomic E-state index is 15.0. The average Bonchev–Trinajstić information content (AvgIpc) is 3.46. The standard InChI is InChI=1S/C26H32FN3O5/c27-19-3-4-20(18-15-30(25(33)23(18)19)21-5-6-22(31)28-24(21)32)29(12-9-16-1-2-16)17-7-10-26(11-8-17)34-13-14-35-26/h3-4,16-17,21H,1-2,5-15H2,(H,28,31,32). The van der Waals surface area contributed by atoms with Crippen molar-refractivity contribution >= 4 is 23.4 Å². The maximum atomic E-state index is 15.0. The van der Waals surface area contributed by atoms with E-state index in [1.54, 1.807) is 6.07 Å². The number of halogens is 1. The van der Waals surface area contributed by atoms with Crippen LogP contribution in [0.15, 0.2) is 12.1 Å². The molecule has 8 nitrogen and oxygen atoms in total. The molecule has 9 heteroatoms. The first-order valence-corrected chi connectivity index (χ1v) is 12.9. The Balaban J connectivity index is 1.28. The summed E-state index contributed by atoms with van der Waals surface area (Å²) >= 11 is 0. The van der Waals surface area contributed by atoms with Crippen LogP contribution in [0.1, 0.15) is 73.7 Å². The van der Waals surface area contributed by atoms with Gasteiger partial charge < -0.3 is 19.3 Å². The summed E-state index contributed by atoms with van der Waals surface area (Å²) in [6, 6.07) is 2.68. The van der Waals surface area contributed by atoms with Crippen LogP contribution < -0.4 is 10.2 Å². The minimum Gasteiger partial charge on any atom is -0.368 e. The Morgan fingerprint density at radius 1 is 1.06 bits per heavy atom. The van der Waals surface area contributed by atoms with Crippen LogP contribution in [0, 0.1) is 11.7 Å². The molecule has 0 aromatic heterocycles. The number of nitrogens with zero attached hydrogens (tertiary/aromatic N) is 2. The number of imide groups is 1. The minimum absolute atomic E-state index is 0.0679. The average molecular weight is 486 g/mol. The number of rotatable bonds is 6. The Hall–Kier alpha value is -2.52. The van der Waals surface area contributed by atoms with Crippen LogP contribution in [0.3, 0.4) is 0 Å². The van der Waals surface area contributed by atoms with E-state index in [4.69, 9.17) is 9.47 Å².